The molecule has 0 fully saturated rings. The van der Waals surface area contributed by atoms with Gasteiger partial charge in [-0.3, -0.25) is 4.79 Å². The third kappa shape index (κ3) is 4.91. The number of allylic oxidation sites excluding steroid dienone is 1. The van der Waals surface area contributed by atoms with Crippen molar-refractivity contribution in [2.24, 2.45) is 0 Å². The third-order valence-electron chi connectivity index (χ3n) is 3.69. The standard InChI is InChI=1S/C22H17BrO2/c23-21-9-5-4-8-20(21)22(24)15-12-17-10-13-19(14-11-17)25-16-18-6-2-1-3-7-18/h1-15H,16H2/b15-12+. The fourth-order valence-electron chi connectivity index (χ4n) is 2.34. The smallest absolute Gasteiger partial charge is 0.186 e. The molecule has 0 aromatic heterocycles. The van der Waals surface area contributed by atoms with E-state index < -0.39 is 0 Å². The van der Waals surface area contributed by atoms with Crippen LogP contribution in [0, 0.1) is 0 Å². The van der Waals surface area contributed by atoms with E-state index in [9.17, 15) is 4.79 Å². The van der Waals surface area contributed by atoms with E-state index in [1.807, 2.05) is 78.9 Å². The zero-order valence-corrected chi connectivity index (χ0v) is 15.1. The Morgan fingerprint density at radius 3 is 2.28 bits per heavy atom. The molecule has 3 heteroatoms. The average molecular weight is 393 g/mol. The van der Waals surface area contributed by atoms with Crippen LogP contribution in [0.4, 0.5) is 0 Å². The molecule has 0 atom stereocenters. The predicted molar refractivity (Wildman–Crippen MR) is 105 cm³/mol. The van der Waals surface area contributed by atoms with Crippen molar-refractivity contribution in [2.45, 2.75) is 6.61 Å². The van der Waals surface area contributed by atoms with Crippen molar-refractivity contribution >= 4 is 27.8 Å². The van der Waals surface area contributed by atoms with Gasteiger partial charge in [-0.25, -0.2) is 0 Å². The van der Waals surface area contributed by atoms with Gasteiger partial charge in [-0.1, -0.05) is 76.6 Å². The van der Waals surface area contributed by atoms with Crippen molar-refractivity contribution in [1.29, 1.82) is 0 Å². The number of carbonyl (C=O) groups excluding carboxylic acids is 1. The predicted octanol–water partition coefficient (Wildman–Crippen LogP) is 5.92. The minimum atomic E-state index is -0.0307. The first-order chi connectivity index (χ1) is 12.2. The summed E-state index contributed by atoms with van der Waals surface area (Å²) in [4.78, 5) is 12.2. The highest BCUT2D eigenvalue weighted by Gasteiger charge is 2.05. The maximum Gasteiger partial charge on any atom is 0.186 e. The normalized spacial score (nSPS) is 10.8. The Morgan fingerprint density at radius 2 is 1.56 bits per heavy atom. The van der Waals surface area contributed by atoms with Crippen LogP contribution in [0.3, 0.4) is 0 Å². The van der Waals surface area contributed by atoms with E-state index in [1.54, 1.807) is 12.1 Å². The van der Waals surface area contributed by atoms with Gasteiger partial charge in [-0.05, 0) is 41.5 Å². The van der Waals surface area contributed by atoms with Gasteiger partial charge in [-0.2, -0.15) is 0 Å². The van der Waals surface area contributed by atoms with Crippen LogP contribution in [0.25, 0.3) is 6.08 Å². The van der Waals surface area contributed by atoms with E-state index in [1.165, 1.54) is 0 Å². The first-order valence-corrected chi connectivity index (χ1v) is 8.75. The van der Waals surface area contributed by atoms with Crippen LogP contribution in [-0.2, 0) is 6.61 Å². The van der Waals surface area contributed by atoms with Gasteiger partial charge in [0.2, 0.25) is 0 Å². The molecule has 0 aliphatic heterocycles. The van der Waals surface area contributed by atoms with Crippen molar-refractivity contribution < 1.29 is 9.53 Å². The molecule has 0 N–H and O–H groups in total. The summed E-state index contributed by atoms with van der Waals surface area (Å²) in [5, 5.41) is 0. The van der Waals surface area contributed by atoms with Crippen LogP contribution in [-0.4, -0.2) is 5.78 Å². The minimum absolute atomic E-state index is 0.0307. The summed E-state index contributed by atoms with van der Waals surface area (Å²) >= 11 is 3.40. The fourth-order valence-corrected chi connectivity index (χ4v) is 2.82. The van der Waals surface area contributed by atoms with Crippen molar-refractivity contribution in [3.63, 3.8) is 0 Å². The van der Waals surface area contributed by atoms with E-state index in [2.05, 4.69) is 15.9 Å². The van der Waals surface area contributed by atoms with Crippen LogP contribution in [0.5, 0.6) is 5.75 Å². The lowest BCUT2D eigenvalue weighted by Crippen LogP contribution is -1.95. The first-order valence-electron chi connectivity index (χ1n) is 7.96. The zero-order valence-electron chi connectivity index (χ0n) is 13.6. The van der Waals surface area contributed by atoms with E-state index in [0.29, 0.717) is 12.2 Å². The second-order valence-electron chi connectivity index (χ2n) is 5.52. The number of ketones is 1. The maximum atomic E-state index is 12.2. The molecule has 3 rings (SSSR count). The average Bonchev–Trinajstić information content (AvgIpc) is 2.66. The van der Waals surface area contributed by atoms with Gasteiger partial charge in [0.05, 0.1) is 0 Å². The van der Waals surface area contributed by atoms with Crippen molar-refractivity contribution in [3.8, 4) is 5.75 Å². The van der Waals surface area contributed by atoms with E-state index >= 15 is 0 Å². The molecule has 124 valence electrons. The number of carbonyl (C=O) groups is 1. The SMILES string of the molecule is O=C(/C=C/c1ccc(OCc2ccccc2)cc1)c1ccccc1Br. The summed E-state index contributed by atoms with van der Waals surface area (Å²) in [7, 11) is 0. The van der Waals surface area contributed by atoms with Gasteiger partial charge in [0.1, 0.15) is 12.4 Å². The van der Waals surface area contributed by atoms with Gasteiger partial charge >= 0.3 is 0 Å². The number of ether oxygens (including phenoxy) is 1. The van der Waals surface area contributed by atoms with Crippen molar-refractivity contribution in [2.75, 3.05) is 0 Å². The van der Waals surface area contributed by atoms with Crippen LogP contribution in [0.1, 0.15) is 21.5 Å². The zero-order chi connectivity index (χ0) is 17.5. The van der Waals surface area contributed by atoms with Crippen molar-refractivity contribution in [1.82, 2.24) is 0 Å². The van der Waals surface area contributed by atoms with Crippen molar-refractivity contribution in [3.05, 3.63) is 106 Å². The number of benzene rings is 3. The molecule has 0 saturated carbocycles. The number of hydrogen-bond donors (Lipinski definition) is 0. The lowest BCUT2D eigenvalue weighted by Gasteiger charge is -2.06. The van der Waals surface area contributed by atoms with Gasteiger partial charge in [0, 0.05) is 10.0 Å². The molecule has 3 aromatic rings. The Labute approximate surface area is 155 Å². The molecular weight excluding hydrogens is 376 g/mol. The molecule has 2 nitrogen and oxygen atoms in total. The second kappa shape index (κ2) is 8.45. The fraction of sp³-hybridized carbons (Fsp3) is 0.0455. The van der Waals surface area contributed by atoms with Crippen LogP contribution in [0.2, 0.25) is 0 Å². The summed E-state index contributed by atoms with van der Waals surface area (Å²) in [6.07, 6.45) is 3.39. The second-order valence-corrected chi connectivity index (χ2v) is 6.38. The Bertz CT molecular complexity index is 868. The number of halogens is 1. The third-order valence-corrected chi connectivity index (χ3v) is 4.39. The Hall–Kier alpha value is -2.65. The van der Waals surface area contributed by atoms with E-state index in [0.717, 1.165) is 21.3 Å². The summed E-state index contributed by atoms with van der Waals surface area (Å²) < 4.78 is 6.56. The molecule has 0 bridgehead atoms. The first kappa shape index (κ1) is 17.2. The number of hydrogen-bond acceptors (Lipinski definition) is 2. The Morgan fingerprint density at radius 1 is 0.880 bits per heavy atom. The molecular formula is C22H17BrO2. The summed E-state index contributed by atoms with van der Waals surface area (Å²) in [5.74, 6) is 0.773. The molecule has 0 aliphatic carbocycles. The van der Waals surface area contributed by atoms with Crippen LogP contribution in [0.15, 0.2) is 89.4 Å². The molecule has 0 saturated heterocycles. The topological polar surface area (TPSA) is 26.3 Å². The number of rotatable bonds is 6. The van der Waals surface area contributed by atoms with Gasteiger partial charge in [0.15, 0.2) is 5.78 Å². The molecule has 25 heavy (non-hydrogen) atoms. The highest BCUT2D eigenvalue weighted by Crippen LogP contribution is 2.18. The molecule has 0 aliphatic rings. The summed E-state index contributed by atoms with van der Waals surface area (Å²) in [6, 6.07) is 25.1. The quantitative estimate of drug-likeness (QED) is 0.384. The molecule has 0 unspecified atom stereocenters. The Balaban J connectivity index is 1.60. The highest BCUT2D eigenvalue weighted by atomic mass is 79.9. The molecule has 0 radical (unpaired) electrons. The summed E-state index contributed by atoms with van der Waals surface area (Å²) in [6.45, 7) is 0.538. The largest absolute Gasteiger partial charge is 0.489 e. The van der Waals surface area contributed by atoms with Gasteiger partial charge in [0.25, 0.3) is 0 Å². The maximum absolute atomic E-state index is 12.2. The lowest BCUT2D eigenvalue weighted by atomic mass is 10.1. The van der Waals surface area contributed by atoms with Crippen LogP contribution >= 0.6 is 15.9 Å². The monoisotopic (exact) mass is 392 g/mol. The molecule has 3 aromatic carbocycles. The molecule has 0 spiro atoms. The van der Waals surface area contributed by atoms with E-state index in [4.69, 9.17) is 4.74 Å². The lowest BCUT2D eigenvalue weighted by molar-refractivity contribution is 0.104. The highest BCUT2D eigenvalue weighted by molar-refractivity contribution is 9.10. The molecule has 0 amide bonds. The van der Waals surface area contributed by atoms with Gasteiger partial charge in [-0.15, -0.1) is 0 Å². The minimum Gasteiger partial charge on any atom is -0.489 e. The summed E-state index contributed by atoms with van der Waals surface area (Å²) in [5.41, 5.74) is 2.74. The van der Waals surface area contributed by atoms with Crippen LogP contribution < -0.4 is 4.74 Å². The Kier molecular flexibility index (Phi) is 5.81. The van der Waals surface area contributed by atoms with Gasteiger partial charge < -0.3 is 4.74 Å². The molecule has 0 heterocycles. The van der Waals surface area contributed by atoms with E-state index in [-0.39, 0.29) is 5.78 Å².